The molecule has 2 rings (SSSR count). The average molecular weight is 226 g/mol. The quantitative estimate of drug-likeness (QED) is 0.682. The minimum Gasteiger partial charge on any atom is -0.444 e. The molecule has 92 valence electrons. The lowest BCUT2D eigenvalue weighted by Crippen LogP contribution is -2.36. The van der Waals surface area contributed by atoms with E-state index in [-0.39, 0.29) is 6.09 Å². The SMILES string of the molecule is CC(C)(C)OC(=O)N1CC2C[C@H](N)C[C@@H]2C1. The molecule has 0 radical (unpaired) electrons. The molecule has 0 aromatic rings. The van der Waals surface area contributed by atoms with Crippen molar-refractivity contribution in [3.63, 3.8) is 0 Å². The number of hydrogen-bond acceptors (Lipinski definition) is 3. The molecule has 1 saturated heterocycles. The molecule has 0 spiro atoms. The van der Waals surface area contributed by atoms with Crippen LogP contribution in [0.5, 0.6) is 0 Å². The van der Waals surface area contributed by atoms with Crippen LogP contribution in [0.2, 0.25) is 0 Å². The van der Waals surface area contributed by atoms with E-state index in [1.54, 1.807) is 0 Å². The Morgan fingerprint density at radius 3 is 2.19 bits per heavy atom. The second-order valence-electron chi connectivity index (χ2n) is 6.14. The summed E-state index contributed by atoms with van der Waals surface area (Å²) in [6.45, 7) is 7.35. The van der Waals surface area contributed by atoms with E-state index in [0.29, 0.717) is 17.9 Å². The van der Waals surface area contributed by atoms with Crippen LogP contribution < -0.4 is 5.73 Å². The maximum absolute atomic E-state index is 11.8. The smallest absolute Gasteiger partial charge is 0.410 e. The Bertz CT molecular complexity index is 271. The third kappa shape index (κ3) is 2.48. The number of fused-ring (bicyclic) bond motifs is 1. The summed E-state index contributed by atoms with van der Waals surface area (Å²) in [6.07, 6.45) is 1.95. The first-order valence-corrected chi connectivity index (χ1v) is 6.08. The highest BCUT2D eigenvalue weighted by Crippen LogP contribution is 2.37. The number of amides is 1. The molecule has 4 heteroatoms. The van der Waals surface area contributed by atoms with Crippen molar-refractivity contribution in [1.29, 1.82) is 0 Å². The molecule has 3 atom stereocenters. The standard InChI is InChI=1S/C12H22N2O2/c1-12(2,3)16-11(15)14-6-8-4-10(13)5-9(8)7-14/h8-10H,4-7,13H2,1-3H3/t8-,9?,10-/m1/s1. The molecule has 1 heterocycles. The number of nitrogens with two attached hydrogens (primary N) is 1. The number of rotatable bonds is 0. The molecular formula is C12H22N2O2. The number of ether oxygens (including phenoxy) is 1. The van der Waals surface area contributed by atoms with Crippen molar-refractivity contribution in [2.24, 2.45) is 17.6 Å². The highest BCUT2D eigenvalue weighted by Gasteiger charge is 2.42. The summed E-state index contributed by atoms with van der Waals surface area (Å²) in [6, 6.07) is 0.343. The van der Waals surface area contributed by atoms with Gasteiger partial charge in [-0.25, -0.2) is 4.79 Å². The summed E-state index contributed by atoms with van der Waals surface area (Å²) >= 11 is 0. The number of nitrogens with zero attached hydrogens (tertiary/aromatic N) is 1. The second-order valence-corrected chi connectivity index (χ2v) is 6.14. The highest BCUT2D eigenvalue weighted by molar-refractivity contribution is 5.68. The van der Waals surface area contributed by atoms with Crippen molar-refractivity contribution < 1.29 is 9.53 Å². The maximum Gasteiger partial charge on any atom is 0.410 e. The molecule has 1 saturated carbocycles. The number of carbonyl (C=O) groups is 1. The van der Waals surface area contributed by atoms with E-state index in [0.717, 1.165) is 25.9 Å². The van der Waals surface area contributed by atoms with Gasteiger partial charge in [0.05, 0.1) is 0 Å². The van der Waals surface area contributed by atoms with Crippen molar-refractivity contribution in [2.45, 2.75) is 45.3 Å². The van der Waals surface area contributed by atoms with Crippen LogP contribution in [-0.2, 0) is 4.74 Å². The predicted molar refractivity (Wildman–Crippen MR) is 62.0 cm³/mol. The van der Waals surface area contributed by atoms with Gasteiger partial charge in [-0.3, -0.25) is 0 Å². The van der Waals surface area contributed by atoms with E-state index in [1.807, 2.05) is 25.7 Å². The van der Waals surface area contributed by atoms with Crippen molar-refractivity contribution in [1.82, 2.24) is 4.90 Å². The highest BCUT2D eigenvalue weighted by atomic mass is 16.6. The van der Waals surface area contributed by atoms with E-state index in [9.17, 15) is 4.79 Å². The minimum absolute atomic E-state index is 0.171. The lowest BCUT2D eigenvalue weighted by molar-refractivity contribution is 0.0279. The fraction of sp³-hybridized carbons (Fsp3) is 0.917. The first-order chi connectivity index (χ1) is 7.35. The largest absolute Gasteiger partial charge is 0.444 e. The fourth-order valence-corrected chi connectivity index (χ4v) is 2.82. The van der Waals surface area contributed by atoms with Gasteiger partial charge in [0.1, 0.15) is 5.60 Å². The van der Waals surface area contributed by atoms with Crippen LogP contribution in [0.3, 0.4) is 0 Å². The molecule has 2 aliphatic rings. The van der Waals surface area contributed by atoms with Crippen LogP contribution in [0.4, 0.5) is 4.79 Å². The molecule has 2 fully saturated rings. The summed E-state index contributed by atoms with van der Waals surface area (Å²) in [4.78, 5) is 13.7. The van der Waals surface area contributed by atoms with Crippen LogP contribution in [0.1, 0.15) is 33.6 Å². The van der Waals surface area contributed by atoms with Gasteiger partial charge in [0.25, 0.3) is 0 Å². The van der Waals surface area contributed by atoms with Crippen LogP contribution in [0.25, 0.3) is 0 Å². The van der Waals surface area contributed by atoms with Crippen molar-refractivity contribution in [3.8, 4) is 0 Å². The third-order valence-electron chi connectivity index (χ3n) is 3.44. The van der Waals surface area contributed by atoms with Gasteiger partial charge in [0, 0.05) is 19.1 Å². The molecule has 1 aliphatic heterocycles. The molecule has 16 heavy (non-hydrogen) atoms. The van der Waals surface area contributed by atoms with Crippen molar-refractivity contribution in [2.75, 3.05) is 13.1 Å². The lowest BCUT2D eigenvalue weighted by atomic mass is 10.0. The summed E-state index contributed by atoms with van der Waals surface area (Å²) < 4.78 is 5.37. The van der Waals surface area contributed by atoms with Crippen molar-refractivity contribution in [3.05, 3.63) is 0 Å². The number of hydrogen-bond donors (Lipinski definition) is 1. The minimum atomic E-state index is -0.398. The Balaban J connectivity index is 1.88. The molecule has 1 amide bonds. The number of likely N-dealkylation sites (tertiary alicyclic amines) is 1. The summed E-state index contributed by atoms with van der Waals surface area (Å²) in [5, 5.41) is 0. The Labute approximate surface area is 97.1 Å². The van der Waals surface area contributed by atoms with E-state index >= 15 is 0 Å². The molecule has 4 nitrogen and oxygen atoms in total. The molecule has 0 bridgehead atoms. The van der Waals surface area contributed by atoms with Gasteiger partial charge in [-0.1, -0.05) is 0 Å². The predicted octanol–water partition coefficient (Wildman–Crippen LogP) is 1.59. The number of carbonyl (C=O) groups excluding carboxylic acids is 1. The van der Waals surface area contributed by atoms with Crippen LogP contribution >= 0.6 is 0 Å². The zero-order valence-corrected chi connectivity index (χ0v) is 10.4. The van der Waals surface area contributed by atoms with Crippen molar-refractivity contribution >= 4 is 6.09 Å². The normalized spacial score (nSPS) is 34.0. The molecule has 1 aliphatic carbocycles. The van der Waals surface area contributed by atoms with Gasteiger partial charge >= 0.3 is 6.09 Å². The van der Waals surface area contributed by atoms with E-state index in [2.05, 4.69) is 0 Å². The van der Waals surface area contributed by atoms with Crippen LogP contribution in [0.15, 0.2) is 0 Å². The summed E-state index contributed by atoms with van der Waals surface area (Å²) in [5.41, 5.74) is 5.52. The summed E-state index contributed by atoms with van der Waals surface area (Å²) in [7, 11) is 0. The Morgan fingerprint density at radius 2 is 1.75 bits per heavy atom. The lowest BCUT2D eigenvalue weighted by Gasteiger charge is -2.25. The zero-order valence-electron chi connectivity index (χ0n) is 10.4. The monoisotopic (exact) mass is 226 g/mol. The van der Waals surface area contributed by atoms with Gasteiger partial charge in [0.15, 0.2) is 0 Å². The van der Waals surface area contributed by atoms with E-state index in [4.69, 9.17) is 10.5 Å². The molecule has 2 N–H and O–H groups in total. The Morgan fingerprint density at radius 1 is 1.25 bits per heavy atom. The zero-order chi connectivity index (χ0) is 11.9. The van der Waals surface area contributed by atoms with Crippen LogP contribution in [-0.4, -0.2) is 35.7 Å². The molecular weight excluding hydrogens is 204 g/mol. The second kappa shape index (κ2) is 3.91. The molecule has 0 aromatic carbocycles. The van der Waals surface area contributed by atoms with Gasteiger partial charge in [0.2, 0.25) is 0 Å². The van der Waals surface area contributed by atoms with E-state index < -0.39 is 5.60 Å². The molecule has 1 unspecified atom stereocenters. The van der Waals surface area contributed by atoms with Gasteiger partial charge in [-0.15, -0.1) is 0 Å². The fourth-order valence-electron chi connectivity index (χ4n) is 2.82. The van der Waals surface area contributed by atoms with Gasteiger partial charge in [-0.2, -0.15) is 0 Å². The average Bonchev–Trinajstić information content (AvgIpc) is 2.56. The first-order valence-electron chi connectivity index (χ1n) is 6.08. The van der Waals surface area contributed by atoms with E-state index in [1.165, 1.54) is 0 Å². The maximum atomic E-state index is 11.8. The topological polar surface area (TPSA) is 55.6 Å². The third-order valence-corrected chi connectivity index (χ3v) is 3.44. The van der Waals surface area contributed by atoms with Crippen LogP contribution in [0, 0.1) is 11.8 Å². The Kier molecular flexibility index (Phi) is 2.86. The first kappa shape index (κ1) is 11.7. The Hall–Kier alpha value is -0.770. The van der Waals surface area contributed by atoms with Gasteiger partial charge < -0.3 is 15.4 Å². The summed E-state index contributed by atoms with van der Waals surface area (Å²) in [5.74, 6) is 1.20. The molecule has 0 aromatic heterocycles. The van der Waals surface area contributed by atoms with Gasteiger partial charge in [-0.05, 0) is 45.4 Å².